The van der Waals surface area contributed by atoms with Crippen molar-refractivity contribution in [1.29, 1.82) is 0 Å². The van der Waals surface area contributed by atoms with Gasteiger partial charge in [-0.15, -0.1) is 6.42 Å². The molecule has 1 unspecified atom stereocenters. The van der Waals surface area contributed by atoms with E-state index in [-0.39, 0.29) is 6.10 Å². The molecule has 0 aliphatic carbocycles. The van der Waals surface area contributed by atoms with Crippen molar-refractivity contribution in [2.45, 2.75) is 25.9 Å². The highest BCUT2D eigenvalue weighted by Crippen LogP contribution is 2.11. The van der Waals surface area contributed by atoms with E-state index in [1.54, 1.807) is 0 Å². The summed E-state index contributed by atoms with van der Waals surface area (Å²) in [7, 11) is 0. The van der Waals surface area contributed by atoms with E-state index < -0.39 is 0 Å². The monoisotopic (exact) mass is 209 g/mol. The molecule has 0 aromatic carbocycles. The molecule has 15 heavy (non-hydrogen) atoms. The van der Waals surface area contributed by atoms with Gasteiger partial charge in [-0.1, -0.05) is 5.92 Å². The zero-order valence-corrected chi connectivity index (χ0v) is 9.25. The van der Waals surface area contributed by atoms with E-state index in [1.165, 1.54) is 0 Å². The number of hydrogen-bond acceptors (Lipinski definition) is 2. The Morgan fingerprint density at radius 1 is 1.60 bits per heavy atom. The van der Waals surface area contributed by atoms with Crippen LogP contribution in [0.15, 0.2) is 4.99 Å². The molecule has 0 aromatic rings. The van der Waals surface area contributed by atoms with Crippen molar-refractivity contribution in [2.75, 3.05) is 26.2 Å². The summed E-state index contributed by atoms with van der Waals surface area (Å²) < 4.78 is 5.48. The normalized spacial score (nSPS) is 21.1. The molecule has 1 atom stereocenters. The molecular formula is C11H19N3O. The summed E-state index contributed by atoms with van der Waals surface area (Å²) in [5, 5.41) is 6.17. The van der Waals surface area contributed by atoms with Gasteiger partial charge in [-0.3, -0.25) is 4.99 Å². The van der Waals surface area contributed by atoms with Crippen LogP contribution in [0.3, 0.4) is 0 Å². The fourth-order valence-electron chi connectivity index (χ4n) is 1.46. The number of guanidine groups is 1. The number of nitrogens with one attached hydrogen (secondary N) is 2. The number of ether oxygens (including phenoxy) is 1. The van der Waals surface area contributed by atoms with Gasteiger partial charge in [-0.05, 0) is 19.8 Å². The van der Waals surface area contributed by atoms with Gasteiger partial charge in [-0.25, -0.2) is 0 Å². The Bertz CT molecular complexity index is 239. The Kier molecular flexibility index (Phi) is 5.64. The van der Waals surface area contributed by atoms with Gasteiger partial charge in [0.1, 0.15) is 0 Å². The van der Waals surface area contributed by atoms with Crippen molar-refractivity contribution >= 4 is 5.96 Å². The van der Waals surface area contributed by atoms with Crippen LogP contribution in [-0.2, 0) is 4.74 Å². The van der Waals surface area contributed by atoms with Crippen LogP contribution in [0.2, 0.25) is 0 Å². The van der Waals surface area contributed by atoms with Crippen LogP contribution < -0.4 is 10.6 Å². The fraction of sp³-hybridized carbons (Fsp3) is 0.727. The van der Waals surface area contributed by atoms with Gasteiger partial charge in [0, 0.05) is 13.2 Å². The minimum atomic E-state index is 0.284. The van der Waals surface area contributed by atoms with Crippen LogP contribution in [0.1, 0.15) is 19.8 Å². The molecule has 0 amide bonds. The van der Waals surface area contributed by atoms with E-state index in [0.29, 0.717) is 13.1 Å². The molecule has 1 aliphatic heterocycles. The second-order valence-electron chi connectivity index (χ2n) is 3.41. The van der Waals surface area contributed by atoms with Crippen LogP contribution in [0.5, 0.6) is 0 Å². The van der Waals surface area contributed by atoms with Crippen molar-refractivity contribution in [2.24, 2.45) is 4.99 Å². The smallest absolute Gasteiger partial charge is 0.192 e. The molecule has 1 saturated heterocycles. The number of hydrogen-bond donors (Lipinski definition) is 2. The lowest BCUT2D eigenvalue weighted by atomic mass is 10.2. The summed E-state index contributed by atoms with van der Waals surface area (Å²) in [5.74, 6) is 3.29. The Hall–Kier alpha value is -1.21. The van der Waals surface area contributed by atoms with E-state index >= 15 is 0 Å². The Morgan fingerprint density at radius 2 is 2.47 bits per heavy atom. The number of aliphatic imine (C=N–C) groups is 1. The van der Waals surface area contributed by atoms with Gasteiger partial charge in [0.05, 0.1) is 19.2 Å². The van der Waals surface area contributed by atoms with Crippen LogP contribution >= 0.6 is 0 Å². The second kappa shape index (κ2) is 7.13. The van der Waals surface area contributed by atoms with Crippen molar-refractivity contribution in [1.82, 2.24) is 10.6 Å². The summed E-state index contributed by atoms with van der Waals surface area (Å²) in [5.41, 5.74) is 0. The van der Waals surface area contributed by atoms with Gasteiger partial charge in [0.2, 0.25) is 0 Å². The molecule has 0 radical (unpaired) electrons. The number of rotatable bonds is 4. The van der Waals surface area contributed by atoms with E-state index in [1.807, 2.05) is 6.92 Å². The maximum atomic E-state index is 5.48. The standard InChI is InChI=1S/C11H19N3O/c1-3-7-13-11(12-4-2)14-9-10-6-5-8-15-10/h1,10H,4-9H2,2H3,(H2,12,13,14). The predicted molar refractivity (Wildman–Crippen MR) is 61.8 cm³/mol. The van der Waals surface area contributed by atoms with Gasteiger partial charge in [0.15, 0.2) is 5.96 Å². The third-order valence-corrected chi connectivity index (χ3v) is 2.18. The fourth-order valence-corrected chi connectivity index (χ4v) is 1.46. The van der Waals surface area contributed by atoms with E-state index in [2.05, 4.69) is 21.5 Å². The third-order valence-electron chi connectivity index (χ3n) is 2.18. The Balaban J connectivity index is 2.32. The number of terminal acetylenes is 1. The largest absolute Gasteiger partial charge is 0.376 e. The third kappa shape index (κ3) is 4.71. The number of nitrogens with zero attached hydrogens (tertiary/aromatic N) is 1. The quantitative estimate of drug-likeness (QED) is 0.399. The first kappa shape index (κ1) is 11.9. The van der Waals surface area contributed by atoms with Crippen molar-refractivity contribution < 1.29 is 4.74 Å². The van der Waals surface area contributed by atoms with Gasteiger partial charge < -0.3 is 15.4 Å². The van der Waals surface area contributed by atoms with E-state index in [9.17, 15) is 0 Å². The SMILES string of the molecule is C#CCNC(=NCC1CCCO1)NCC. The average Bonchev–Trinajstić information content (AvgIpc) is 2.75. The van der Waals surface area contributed by atoms with Gasteiger partial charge in [0.25, 0.3) is 0 Å². The summed E-state index contributed by atoms with van der Waals surface area (Å²) in [6.45, 7) is 4.94. The lowest BCUT2D eigenvalue weighted by Crippen LogP contribution is -2.38. The first-order valence-electron chi connectivity index (χ1n) is 5.44. The molecule has 0 spiro atoms. The molecule has 1 fully saturated rings. The zero-order valence-electron chi connectivity index (χ0n) is 9.25. The van der Waals surface area contributed by atoms with E-state index in [4.69, 9.17) is 11.2 Å². The first-order chi connectivity index (χ1) is 7.36. The molecule has 1 rings (SSSR count). The van der Waals surface area contributed by atoms with Crippen LogP contribution in [0.25, 0.3) is 0 Å². The average molecular weight is 209 g/mol. The zero-order chi connectivity index (χ0) is 10.9. The molecule has 0 aromatic heterocycles. The molecule has 84 valence electrons. The highest BCUT2D eigenvalue weighted by atomic mass is 16.5. The minimum Gasteiger partial charge on any atom is -0.376 e. The maximum Gasteiger partial charge on any atom is 0.192 e. The molecule has 0 bridgehead atoms. The topological polar surface area (TPSA) is 45.7 Å². The molecule has 0 saturated carbocycles. The Morgan fingerprint density at radius 3 is 3.07 bits per heavy atom. The maximum absolute atomic E-state index is 5.48. The summed E-state index contributed by atoms with van der Waals surface area (Å²) in [6, 6.07) is 0. The first-order valence-corrected chi connectivity index (χ1v) is 5.44. The van der Waals surface area contributed by atoms with E-state index in [0.717, 1.165) is 32.0 Å². The van der Waals surface area contributed by atoms with Gasteiger partial charge in [-0.2, -0.15) is 0 Å². The molecule has 4 heteroatoms. The lowest BCUT2D eigenvalue weighted by Gasteiger charge is -2.10. The van der Waals surface area contributed by atoms with Crippen LogP contribution in [0, 0.1) is 12.3 Å². The summed E-state index contributed by atoms with van der Waals surface area (Å²) in [6.07, 6.45) is 7.71. The molecule has 1 heterocycles. The molecule has 2 N–H and O–H groups in total. The van der Waals surface area contributed by atoms with Crippen molar-refractivity contribution in [3.63, 3.8) is 0 Å². The second-order valence-corrected chi connectivity index (χ2v) is 3.41. The van der Waals surface area contributed by atoms with Crippen molar-refractivity contribution in [3.05, 3.63) is 0 Å². The molecule has 4 nitrogen and oxygen atoms in total. The van der Waals surface area contributed by atoms with Crippen LogP contribution in [0.4, 0.5) is 0 Å². The van der Waals surface area contributed by atoms with Crippen LogP contribution in [-0.4, -0.2) is 38.3 Å². The predicted octanol–water partition coefficient (Wildman–Crippen LogP) is 0.354. The highest BCUT2D eigenvalue weighted by molar-refractivity contribution is 5.79. The lowest BCUT2D eigenvalue weighted by molar-refractivity contribution is 0.117. The van der Waals surface area contributed by atoms with Gasteiger partial charge >= 0.3 is 0 Å². The summed E-state index contributed by atoms with van der Waals surface area (Å²) in [4.78, 5) is 4.41. The van der Waals surface area contributed by atoms with Crippen molar-refractivity contribution in [3.8, 4) is 12.3 Å². The molecule has 1 aliphatic rings. The minimum absolute atomic E-state index is 0.284. The summed E-state index contributed by atoms with van der Waals surface area (Å²) >= 11 is 0. The molecular weight excluding hydrogens is 190 g/mol. The highest BCUT2D eigenvalue weighted by Gasteiger charge is 2.14. The Labute approximate surface area is 91.5 Å².